The number of anilines is 2. The van der Waals surface area contributed by atoms with Crippen LogP contribution in [0.1, 0.15) is 12.5 Å². The van der Waals surface area contributed by atoms with Crippen LogP contribution >= 0.6 is 0 Å². The third-order valence-corrected chi connectivity index (χ3v) is 4.01. The zero-order valence-electron chi connectivity index (χ0n) is 15.0. The lowest BCUT2D eigenvalue weighted by Crippen LogP contribution is -2.32. The molecule has 0 aliphatic heterocycles. The Morgan fingerprint density at radius 3 is 2.33 bits per heavy atom. The number of rotatable bonds is 7. The highest BCUT2D eigenvalue weighted by molar-refractivity contribution is 5.96. The number of carbonyl (C=O) groups excluding carboxylic acids is 1. The van der Waals surface area contributed by atoms with E-state index in [-0.39, 0.29) is 11.6 Å². The topological polar surface area (TPSA) is 50.4 Å². The molecule has 2 N–H and O–H groups in total. The molecule has 5 heteroatoms. The summed E-state index contributed by atoms with van der Waals surface area (Å²) in [5.41, 5.74) is 2.04. The van der Waals surface area contributed by atoms with Gasteiger partial charge in [-0.25, -0.2) is 4.39 Å². The Balaban J connectivity index is 1.52. The van der Waals surface area contributed by atoms with Gasteiger partial charge in [0, 0.05) is 5.69 Å². The molecule has 0 aliphatic carbocycles. The fourth-order valence-corrected chi connectivity index (χ4v) is 2.51. The van der Waals surface area contributed by atoms with Crippen molar-refractivity contribution in [3.63, 3.8) is 0 Å². The zero-order chi connectivity index (χ0) is 19.1. The van der Waals surface area contributed by atoms with Crippen LogP contribution in [0.25, 0.3) is 0 Å². The van der Waals surface area contributed by atoms with Gasteiger partial charge in [-0.3, -0.25) is 4.79 Å². The van der Waals surface area contributed by atoms with Gasteiger partial charge < -0.3 is 15.4 Å². The minimum absolute atomic E-state index is 0.167. The molecule has 0 saturated heterocycles. The van der Waals surface area contributed by atoms with Gasteiger partial charge in [-0.05, 0) is 48.9 Å². The molecular weight excluding hydrogens is 343 g/mol. The lowest BCUT2D eigenvalue weighted by molar-refractivity contribution is -0.116. The Morgan fingerprint density at radius 2 is 1.63 bits per heavy atom. The first kappa shape index (κ1) is 18.5. The standard InChI is InChI=1S/C22H21FN2O2/c1-16(22(26)25-21-10-6-5-9-20(21)23)24-18-11-13-19(14-12-18)27-15-17-7-3-2-4-8-17/h2-14,16,24H,15H2,1H3,(H,25,26)/t16-/m1/s1. The average molecular weight is 364 g/mol. The van der Waals surface area contributed by atoms with E-state index >= 15 is 0 Å². The number of carbonyl (C=O) groups is 1. The van der Waals surface area contributed by atoms with Crippen LogP contribution in [0, 0.1) is 5.82 Å². The highest BCUT2D eigenvalue weighted by Crippen LogP contribution is 2.18. The van der Waals surface area contributed by atoms with Gasteiger partial charge in [0.25, 0.3) is 0 Å². The van der Waals surface area contributed by atoms with Crippen molar-refractivity contribution < 1.29 is 13.9 Å². The molecule has 0 spiro atoms. The lowest BCUT2D eigenvalue weighted by atomic mass is 10.2. The number of nitrogens with one attached hydrogen (secondary N) is 2. The van der Waals surface area contributed by atoms with Crippen molar-refractivity contribution in [1.82, 2.24) is 0 Å². The predicted molar refractivity (Wildman–Crippen MR) is 105 cm³/mol. The molecule has 1 amide bonds. The van der Waals surface area contributed by atoms with E-state index in [2.05, 4.69) is 10.6 Å². The second kappa shape index (κ2) is 8.85. The molecule has 0 bridgehead atoms. The molecule has 0 radical (unpaired) electrons. The van der Waals surface area contributed by atoms with Crippen LogP contribution < -0.4 is 15.4 Å². The first-order valence-electron chi connectivity index (χ1n) is 8.70. The van der Waals surface area contributed by atoms with Crippen molar-refractivity contribution in [2.24, 2.45) is 0 Å². The minimum Gasteiger partial charge on any atom is -0.489 e. The molecule has 4 nitrogen and oxygen atoms in total. The average Bonchev–Trinajstić information content (AvgIpc) is 2.70. The third kappa shape index (κ3) is 5.31. The van der Waals surface area contributed by atoms with Gasteiger partial charge in [0.05, 0.1) is 5.69 Å². The molecule has 27 heavy (non-hydrogen) atoms. The Bertz CT molecular complexity index is 882. The van der Waals surface area contributed by atoms with Crippen molar-refractivity contribution in [3.8, 4) is 5.75 Å². The highest BCUT2D eigenvalue weighted by atomic mass is 19.1. The third-order valence-electron chi connectivity index (χ3n) is 4.01. The maximum atomic E-state index is 13.6. The fourth-order valence-electron chi connectivity index (χ4n) is 2.51. The van der Waals surface area contributed by atoms with Gasteiger partial charge in [-0.15, -0.1) is 0 Å². The summed E-state index contributed by atoms with van der Waals surface area (Å²) >= 11 is 0. The quantitative estimate of drug-likeness (QED) is 0.630. The summed E-state index contributed by atoms with van der Waals surface area (Å²) in [5, 5.41) is 5.67. The summed E-state index contributed by atoms with van der Waals surface area (Å²) in [6.45, 7) is 2.21. The summed E-state index contributed by atoms with van der Waals surface area (Å²) < 4.78 is 19.4. The maximum Gasteiger partial charge on any atom is 0.246 e. The van der Waals surface area contributed by atoms with E-state index in [1.807, 2.05) is 54.6 Å². The van der Waals surface area contributed by atoms with Gasteiger partial charge in [-0.1, -0.05) is 42.5 Å². The number of para-hydroxylation sites is 1. The van der Waals surface area contributed by atoms with E-state index < -0.39 is 11.9 Å². The summed E-state index contributed by atoms with van der Waals surface area (Å²) in [6.07, 6.45) is 0. The summed E-state index contributed by atoms with van der Waals surface area (Å²) in [4.78, 5) is 12.2. The Morgan fingerprint density at radius 1 is 0.963 bits per heavy atom. The molecular formula is C22H21FN2O2. The van der Waals surface area contributed by atoms with Crippen LogP contribution in [-0.2, 0) is 11.4 Å². The number of amides is 1. The van der Waals surface area contributed by atoms with Crippen LogP contribution in [0.2, 0.25) is 0 Å². The molecule has 3 rings (SSSR count). The molecule has 138 valence electrons. The SMILES string of the molecule is C[C@@H](Nc1ccc(OCc2ccccc2)cc1)C(=O)Nc1ccccc1F. The van der Waals surface area contributed by atoms with E-state index in [0.29, 0.717) is 6.61 Å². The first-order chi connectivity index (χ1) is 13.1. The fraction of sp³-hybridized carbons (Fsp3) is 0.136. The Kier molecular flexibility index (Phi) is 6.05. The zero-order valence-corrected chi connectivity index (χ0v) is 15.0. The van der Waals surface area contributed by atoms with Crippen molar-refractivity contribution in [2.45, 2.75) is 19.6 Å². The summed E-state index contributed by atoms with van der Waals surface area (Å²) in [7, 11) is 0. The molecule has 3 aromatic rings. The van der Waals surface area contributed by atoms with E-state index in [1.54, 1.807) is 19.1 Å². The second-order valence-corrected chi connectivity index (χ2v) is 6.13. The predicted octanol–water partition coefficient (Wildman–Crippen LogP) is 4.84. The number of hydrogen-bond donors (Lipinski definition) is 2. The first-order valence-corrected chi connectivity index (χ1v) is 8.70. The van der Waals surface area contributed by atoms with E-state index in [4.69, 9.17) is 4.74 Å². The normalized spacial score (nSPS) is 11.5. The molecule has 0 aromatic heterocycles. The Labute approximate surface area is 158 Å². The molecule has 3 aromatic carbocycles. The highest BCUT2D eigenvalue weighted by Gasteiger charge is 2.14. The molecule has 0 unspecified atom stereocenters. The maximum absolute atomic E-state index is 13.6. The molecule has 0 heterocycles. The Hall–Kier alpha value is -3.34. The van der Waals surface area contributed by atoms with Crippen molar-refractivity contribution in [3.05, 3.63) is 90.2 Å². The van der Waals surface area contributed by atoms with Gasteiger partial charge in [-0.2, -0.15) is 0 Å². The van der Waals surface area contributed by atoms with Gasteiger partial charge >= 0.3 is 0 Å². The monoisotopic (exact) mass is 364 g/mol. The largest absolute Gasteiger partial charge is 0.489 e. The molecule has 1 atom stereocenters. The lowest BCUT2D eigenvalue weighted by Gasteiger charge is -2.16. The molecule has 0 aliphatic rings. The van der Waals surface area contributed by atoms with Crippen LogP contribution in [0.3, 0.4) is 0 Å². The van der Waals surface area contributed by atoms with Crippen molar-refractivity contribution >= 4 is 17.3 Å². The van der Waals surface area contributed by atoms with Gasteiger partial charge in [0.1, 0.15) is 24.2 Å². The van der Waals surface area contributed by atoms with Crippen LogP contribution in [0.15, 0.2) is 78.9 Å². The minimum atomic E-state index is -0.527. The summed E-state index contributed by atoms with van der Waals surface area (Å²) in [6, 6.07) is 22.8. The van der Waals surface area contributed by atoms with Gasteiger partial charge in [0.15, 0.2) is 0 Å². The van der Waals surface area contributed by atoms with Gasteiger partial charge in [0.2, 0.25) is 5.91 Å². The van der Waals surface area contributed by atoms with E-state index in [9.17, 15) is 9.18 Å². The van der Waals surface area contributed by atoms with Crippen LogP contribution in [-0.4, -0.2) is 11.9 Å². The van der Waals surface area contributed by atoms with Crippen molar-refractivity contribution in [2.75, 3.05) is 10.6 Å². The van der Waals surface area contributed by atoms with Crippen LogP contribution in [0.5, 0.6) is 5.75 Å². The van der Waals surface area contributed by atoms with E-state index in [0.717, 1.165) is 17.0 Å². The van der Waals surface area contributed by atoms with Crippen molar-refractivity contribution in [1.29, 1.82) is 0 Å². The van der Waals surface area contributed by atoms with E-state index in [1.165, 1.54) is 12.1 Å². The van der Waals surface area contributed by atoms with Crippen LogP contribution in [0.4, 0.5) is 15.8 Å². The number of ether oxygens (including phenoxy) is 1. The summed E-state index contributed by atoms with van der Waals surface area (Å²) in [5.74, 6) is -0.0321. The second-order valence-electron chi connectivity index (χ2n) is 6.13. The smallest absolute Gasteiger partial charge is 0.246 e. The molecule has 0 saturated carbocycles. The number of hydrogen-bond acceptors (Lipinski definition) is 3. The number of benzene rings is 3. The molecule has 0 fully saturated rings. The number of halogens is 1.